The van der Waals surface area contributed by atoms with E-state index in [1.165, 1.54) is 64.3 Å². The van der Waals surface area contributed by atoms with E-state index in [2.05, 4.69) is 26.1 Å². The molecule has 2 unspecified atom stereocenters. The first kappa shape index (κ1) is 14.4. The van der Waals surface area contributed by atoms with Gasteiger partial charge in [-0.3, -0.25) is 0 Å². The Morgan fingerprint density at radius 1 is 1.17 bits per heavy atom. The summed E-state index contributed by atoms with van der Waals surface area (Å²) in [6.07, 6.45) is 12.9. The van der Waals surface area contributed by atoms with Crippen molar-refractivity contribution in [1.82, 2.24) is 5.32 Å². The van der Waals surface area contributed by atoms with Crippen molar-refractivity contribution in [2.24, 2.45) is 17.3 Å². The molecule has 106 valence electrons. The van der Waals surface area contributed by atoms with Crippen LogP contribution in [0.25, 0.3) is 0 Å². The van der Waals surface area contributed by atoms with Crippen molar-refractivity contribution in [3.05, 3.63) is 0 Å². The third-order valence-electron chi connectivity index (χ3n) is 5.23. The van der Waals surface area contributed by atoms with Gasteiger partial charge in [0.1, 0.15) is 0 Å². The summed E-state index contributed by atoms with van der Waals surface area (Å²) in [6.45, 7) is 8.56. The molecule has 1 heteroatoms. The quantitative estimate of drug-likeness (QED) is 0.590. The maximum absolute atomic E-state index is 3.80. The van der Waals surface area contributed by atoms with E-state index in [1.54, 1.807) is 0 Å². The summed E-state index contributed by atoms with van der Waals surface area (Å²) in [5.74, 6) is 2.00. The Morgan fingerprint density at radius 2 is 1.89 bits per heavy atom. The molecular formula is C17H33N. The van der Waals surface area contributed by atoms with E-state index in [9.17, 15) is 0 Å². The Kier molecular flexibility index (Phi) is 5.12. The highest BCUT2D eigenvalue weighted by atomic mass is 15.0. The maximum Gasteiger partial charge on any atom is 0.00684 e. The summed E-state index contributed by atoms with van der Waals surface area (Å²) in [5.41, 5.74) is 0.594. The highest BCUT2D eigenvalue weighted by molar-refractivity contribution is 4.95. The number of hydrogen-bond donors (Lipinski definition) is 1. The zero-order chi connectivity index (χ0) is 13.0. The first-order chi connectivity index (χ1) is 8.68. The van der Waals surface area contributed by atoms with Crippen LogP contribution in [-0.4, -0.2) is 12.6 Å². The van der Waals surface area contributed by atoms with Crippen LogP contribution in [0, 0.1) is 17.3 Å². The van der Waals surface area contributed by atoms with Crippen molar-refractivity contribution in [2.75, 3.05) is 6.54 Å². The second-order valence-corrected chi connectivity index (χ2v) is 7.20. The molecule has 1 N–H and O–H groups in total. The second-order valence-electron chi connectivity index (χ2n) is 7.20. The minimum absolute atomic E-state index is 0.594. The van der Waals surface area contributed by atoms with E-state index in [4.69, 9.17) is 0 Å². The van der Waals surface area contributed by atoms with Crippen molar-refractivity contribution in [3.8, 4) is 0 Å². The van der Waals surface area contributed by atoms with Crippen molar-refractivity contribution in [3.63, 3.8) is 0 Å². The van der Waals surface area contributed by atoms with Gasteiger partial charge in [0, 0.05) is 12.6 Å². The van der Waals surface area contributed by atoms with Crippen LogP contribution in [0.15, 0.2) is 0 Å². The van der Waals surface area contributed by atoms with Gasteiger partial charge < -0.3 is 5.32 Å². The normalized spacial score (nSPS) is 24.8. The molecule has 0 spiro atoms. The van der Waals surface area contributed by atoms with Crippen LogP contribution >= 0.6 is 0 Å². The fourth-order valence-electron chi connectivity index (χ4n) is 3.43. The van der Waals surface area contributed by atoms with E-state index in [0.717, 1.165) is 17.9 Å². The smallest absolute Gasteiger partial charge is 0.00684 e. The van der Waals surface area contributed by atoms with Crippen molar-refractivity contribution >= 4 is 0 Å². The Balaban J connectivity index is 1.82. The maximum atomic E-state index is 3.80. The summed E-state index contributed by atoms with van der Waals surface area (Å²) in [7, 11) is 0. The minimum Gasteiger partial charge on any atom is -0.313 e. The average Bonchev–Trinajstić information content (AvgIpc) is 3.23. The number of hydrogen-bond acceptors (Lipinski definition) is 1. The Labute approximate surface area is 114 Å². The number of rotatable bonds is 10. The molecule has 2 fully saturated rings. The molecule has 0 bridgehead atoms. The fraction of sp³-hybridized carbons (Fsp3) is 1.00. The van der Waals surface area contributed by atoms with Crippen molar-refractivity contribution in [2.45, 2.75) is 84.6 Å². The lowest BCUT2D eigenvalue weighted by atomic mass is 9.74. The fourth-order valence-corrected chi connectivity index (χ4v) is 3.43. The van der Waals surface area contributed by atoms with E-state index >= 15 is 0 Å². The highest BCUT2D eigenvalue weighted by Gasteiger charge is 2.42. The lowest BCUT2D eigenvalue weighted by molar-refractivity contribution is 0.183. The molecule has 0 aromatic rings. The molecule has 0 heterocycles. The molecule has 2 aliphatic rings. The molecule has 2 aliphatic carbocycles. The lowest BCUT2D eigenvalue weighted by Crippen LogP contribution is -2.36. The topological polar surface area (TPSA) is 12.0 Å². The van der Waals surface area contributed by atoms with Gasteiger partial charge in [-0.05, 0) is 49.4 Å². The molecule has 0 aliphatic heterocycles. The molecule has 0 aromatic carbocycles. The molecule has 1 nitrogen and oxygen atoms in total. The third kappa shape index (κ3) is 4.26. The van der Waals surface area contributed by atoms with Crippen LogP contribution < -0.4 is 5.32 Å². The first-order valence-electron chi connectivity index (χ1n) is 8.41. The summed E-state index contributed by atoms with van der Waals surface area (Å²) >= 11 is 0. The van der Waals surface area contributed by atoms with Crippen LogP contribution in [0.3, 0.4) is 0 Å². The molecule has 2 atom stereocenters. The highest BCUT2D eigenvalue weighted by Crippen LogP contribution is 2.49. The van der Waals surface area contributed by atoms with Gasteiger partial charge in [-0.2, -0.15) is 0 Å². The first-order valence-corrected chi connectivity index (χ1v) is 8.41. The molecular weight excluding hydrogens is 218 g/mol. The van der Waals surface area contributed by atoms with Gasteiger partial charge in [-0.15, -0.1) is 0 Å². The molecule has 18 heavy (non-hydrogen) atoms. The van der Waals surface area contributed by atoms with Crippen molar-refractivity contribution < 1.29 is 0 Å². The molecule has 0 aromatic heterocycles. The predicted octanol–water partition coefficient (Wildman–Crippen LogP) is 4.76. The van der Waals surface area contributed by atoms with Gasteiger partial charge in [0.2, 0.25) is 0 Å². The van der Waals surface area contributed by atoms with Crippen LogP contribution in [-0.2, 0) is 0 Å². The van der Waals surface area contributed by atoms with E-state index in [-0.39, 0.29) is 0 Å². The second kappa shape index (κ2) is 6.41. The molecule has 0 radical (unpaired) electrons. The van der Waals surface area contributed by atoms with E-state index in [0.29, 0.717) is 5.41 Å². The zero-order valence-electron chi connectivity index (χ0n) is 12.8. The lowest BCUT2D eigenvalue weighted by Gasteiger charge is -2.34. The van der Waals surface area contributed by atoms with Crippen molar-refractivity contribution in [1.29, 1.82) is 0 Å². The van der Waals surface area contributed by atoms with Crippen LogP contribution in [0.2, 0.25) is 0 Å². The number of nitrogens with one attached hydrogen (secondary N) is 1. The average molecular weight is 251 g/mol. The molecule has 2 rings (SSSR count). The third-order valence-corrected chi connectivity index (χ3v) is 5.23. The van der Waals surface area contributed by atoms with E-state index in [1.807, 2.05) is 0 Å². The summed E-state index contributed by atoms with van der Waals surface area (Å²) in [5, 5.41) is 3.80. The number of unbranched alkanes of at least 4 members (excludes halogenated alkanes) is 1. The minimum atomic E-state index is 0.594. The largest absolute Gasteiger partial charge is 0.313 e. The summed E-state index contributed by atoms with van der Waals surface area (Å²) in [4.78, 5) is 0. The molecule has 0 saturated heterocycles. The Hall–Kier alpha value is -0.0400. The van der Waals surface area contributed by atoms with Crippen LogP contribution in [0.5, 0.6) is 0 Å². The van der Waals surface area contributed by atoms with Gasteiger partial charge in [-0.1, -0.05) is 46.5 Å². The van der Waals surface area contributed by atoms with Crippen LogP contribution in [0.1, 0.15) is 78.6 Å². The predicted molar refractivity (Wildman–Crippen MR) is 79.8 cm³/mol. The molecule has 2 saturated carbocycles. The van der Waals surface area contributed by atoms with Gasteiger partial charge in [0.25, 0.3) is 0 Å². The zero-order valence-corrected chi connectivity index (χ0v) is 12.8. The van der Waals surface area contributed by atoms with Gasteiger partial charge >= 0.3 is 0 Å². The van der Waals surface area contributed by atoms with Crippen LogP contribution in [0.4, 0.5) is 0 Å². The summed E-state index contributed by atoms with van der Waals surface area (Å²) in [6, 6.07) is 0.874. The molecule has 0 amide bonds. The Morgan fingerprint density at radius 3 is 2.39 bits per heavy atom. The van der Waals surface area contributed by atoms with Gasteiger partial charge in [-0.25, -0.2) is 0 Å². The van der Waals surface area contributed by atoms with Gasteiger partial charge in [0.05, 0.1) is 0 Å². The SMILES string of the molecule is CCCCC(CC)CC(C)(CNC1CC1)C1CC1. The standard InChI is InChI=1S/C17H33N/c1-4-6-7-14(5-2)12-17(3,15-8-9-15)13-18-16-10-11-16/h14-16,18H,4-13H2,1-3H3. The monoisotopic (exact) mass is 251 g/mol. The Bertz CT molecular complexity index is 242. The summed E-state index contributed by atoms with van der Waals surface area (Å²) < 4.78 is 0. The van der Waals surface area contributed by atoms with Gasteiger partial charge in [0.15, 0.2) is 0 Å². The van der Waals surface area contributed by atoms with E-state index < -0.39 is 0 Å².